The van der Waals surface area contributed by atoms with Gasteiger partial charge in [0.2, 0.25) is 0 Å². The first kappa shape index (κ1) is 22.3. The molecule has 0 fully saturated rings. The van der Waals surface area contributed by atoms with E-state index < -0.39 is 0 Å². The maximum Gasteiger partial charge on any atom is 0.0973 e. The predicted octanol–water partition coefficient (Wildman–Crippen LogP) is 7.94. The highest BCUT2D eigenvalue weighted by Crippen LogP contribution is 2.32. The molecular formula is C27H32N2. The number of benzene rings is 3. The fraction of sp³-hybridized carbons (Fsp3) is 0.259. The second-order valence-electron chi connectivity index (χ2n) is 6.55. The summed E-state index contributed by atoms with van der Waals surface area (Å²) in [5.74, 6) is 0. The quantitative estimate of drug-likeness (QED) is 0.350. The van der Waals surface area contributed by atoms with E-state index in [2.05, 4.69) is 69.3 Å². The summed E-state index contributed by atoms with van der Waals surface area (Å²) in [7, 11) is 0. The third-order valence-corrected chi connectivity index (χ3v) is 4.60. The maximum absolute atomic E-state index is 5.05. The van der Waals surface area contributed by atoms with Gasteiger partial charge in [0.15, 0.2) is 0 Å². The third kappa shape index (κ3) is 4.89. The van der Waals surface area contributed by atoms with E-state index in [0.717, 1.165) is 44.7 Å². The van der Waals surface area contributed by atoms with Gasteiger partial charge in [-0.15, -0.1) is 0 Å². The molecule has 150 valence electrons. The van der Waals surface area contributed by atoms with E-state index in [0.29, 0.717) is 0 Å². The predicted molar refractivity (Wildman–Crippen MR) is 127 cm³/mol. The minimum absolute atomic E-state index is 0.936. The topological polar surface area (TPSA) is 25.8 Å². The van der Waals surface area contributed by atoms with Crippen molar-refractivity contribution < 1.29 is 0 Å². The Morgan fingerprint density at radius 2 is 0.897 bits per heavy atom. The van der Waals surface area contributed by atoms with Crippen LogP contribution in [-0.4, -0.2) is 9.97 Å². The van der Waals surface area contributed by atoms with Crippen LogP contribution in [0.15, 0.2) is 66.7 Å². The molecule has 2 heteroatoms. The number of hydrogen-bond acceptors (Lipinski definition) is 2. The monoisotopic (exact) mass is 384 g/mol. The van der Waals surface area contributed by atoms with E-state index in [1.807, 2.05) is 45.9 Å². The summed E-state index contributed by atoms with van der Waals surface area (Å²) in [6.45, 7) is 14.3. The smallest absolute Gasteiger partial charge is 0.0973 e. The summed E-state index contributed by atoms with van der Waals surface area (Å²) >= 11 is 0. The molecule has 0 aliphatic carbocycles. The van der Waals surface area contributed by atoms with Crippen LogP contribution >= 0.6 is 0 Å². The van der Waals surface area contributed by atoms with Crippen LogP contribution < -0.4 is 0 Å². The number of aromatic nitrogens is 2. The Bertz CT molecular complexity index is 1050. The van der Waals surface area contributed by atoms with Gasteiger partial charge < -0.3 is 0 Å². The van der Waals surface area contributed by atoms with Gasteiger partial charge in [-0.05, 0) is 31.9 Å². The van der Waals surface area contributed by atoms with Crippen molar-refractivity contribution in [3.05, 3.63) is 83.4 Å². The molecule has 0 unspecified atom stereocenters. The molecule has 1 heterocycles. The van der Waals surface area contributed by atoms with Crippen molar-refractivity contribution in [3.63, 3.8) is 0 Å². The normalized spacial score (nSPS) is 9.90. The van der Waals surface area contributed by atoms with Gasteiger partial charge >= 0.3 is 0 Å². The molecule has 0 spiro atoms. The van der Waals surface area contributed by atoms with E-state index >= 15 is 0 Å². The number of nitrogens with zero attached hydrogens (tertiary/aromatic N) is 2. The lowest BCUT2D eigenvalue weighted by molar-refractivity contribution is 1.25. The highest BCUT2D eigenvalue weighted by atomic mass is 14.8. The van der Waals surface area contributed by atoms with Crippen molar-refractivity contribution in [1.29, 1.82) is 0 Å². The second-order valence-corrected chi connectivity index (χ2v) is 6.55. The van der Waals surface area contributed by atoms with Crippen LogP contribution in [0.1, 0.15) is 44.4 Å². The number of aryl methyl sites for hydroxylation is 3. The Morgan fingerprint density at radius 1 is 0.483 bits per heavy atom. The van der Waals surface area contributed by atoms with Crippen molar-refractivity contribution in [3.8, 4) is 22.5 Å². The van der Waals surface area contributed by atoms with Crippen LogP contribution in [0.5, 0.6) is 0 Å². The Labute approximate surface area is 175 Å². The zero-order valence-corrected chi connectivity index (χ0v) is 18.7. The molecule has 0 saturated carbocycles. The summed E-state index contributed by atoms with van der Waals surface area (Å²) in [6.07, 6.45) is 0. The lowest BCUT2D eigenvalue weighted by Crippen LogP contribution is -1.98. The van der Waals surface area contributed by atoms with Crippen LogP contribution in [-0.2, 0) is 0 Å². The van der Waals surface area contributed by atoms with Crippen molar-refractivity contribution in [2.24, 2.45) is 0 Å². The summed E-state index contributed by atoms with van der Waals surface area (Å²) in [5.41, 5.74) is 9.57. The molecule has 0 aliphatic rings. The minimum Gasteiger partial charge on any atom is -0.244 e. The summed E-state index contributed by atoms with van der Waals surface area (Å²) in [5, 5.41) is 0. The molecule has 4 rings (SSSR count). The SMILES string of the molecule is CC.CC.Cc1ccc(-c2nc3c(C)ccc(C)c3nc2-c2ccccc2)cc1. The average Bonchev–Trinajstić information content (AvgIpc) is 2.79. The Morgan fingerprint density at radius 3 is 1.34 bits per heavy atom. The Balaban J connectivity index is 0.000000707. The molecule has 0 atom stereocenters. The van der Waals surface area contributed by atoms with Crippen LogP contribution in [0.4, 0.5) is 0 Å². The van der Waals surface area contributed by atoms with Gasteiger partial charge in [0.1, 0.15) is 0 Å². The van der Waals surface area contributed by atoms with Crippen LogP contribution in [0.25, 0.3) is 33.5 Å². The molecule has 0 N–H and O–H groups in total. The zero-order valence-electron chi connectivity index (χ0n) is 18.7. The molecule has 29 heavy (non-hydrogen) atoms. The zero-order chi connectivity index (χ0) is 21.4. The molecular weight excluding hydrogens is 352 g/mol. The molecule has 0 radical (unpaired) electrons. The molecule has 4 aromatic rings. The van der Waals surface area contributed by atoms with Crippen LogP contribution in [0.2, 0.25) is 0 Å². The molecule has 0 bridgehead atoms. The van der Waals surface area contributed by atoms with E-state index in [9.17, 15) is 0 Å². The maximum atomic E-state index is 5.05. The first-order valence-corrected chi connectivity index (χ1v) is 10.5. The fourth-order valence-corrected chi connectivity index (χ4v) is 3.10. The Kier molecular flexibility index (Phi) is 8.09. The third-order valence-electron chi connectivity index (χ3n) is 4.60. The van der Waals surface area contributed by atoms with Gasteiger partial charge in [0, 0.05) is 11.1 Å². The second kappa shape index (κ2) is 10.5. The van der Waals surface area contributed by atoms with Crippen LogP contribution in [0.3, 0.4) is 0 Å². The van der Waals surface area contributed by atoms with Gasteiger partial charge in [-0.3, -0.25) is 0 Å². The van der Waals surface area contributed by atoms with Gasteiger partial charge in [-0.2, -0.15) is 0 Å². The first-order chi connectivity index (χ1) is 14.1. The average molecular weight is 385 g/mol. The minimum atomic E-state index is 0.936. The summed E-state index contributed by atoms with van der Waals surface area (Å²) in [6, 6.07) is 23.0. The van der Waals surface area contributed by atoms with E-state index in [-0.39, 0.29) is 0 Å². The van der Waals surface area contributed by atoms with E-state index in [1.165, 1.54) is 5.56 Å². The largest absolute Gasteiger partial charge is 0.244 e. The number of rotatable bonds is 2. The highest BCUT2D eigenvalue weighted by molar-refractivity contribution is 5.89. The molecule has 3 aromatic carbocycles. The summed E-state index contributed by atoms with van der Waals surface area (Å²) in [4.78, 5) is 10.1. The number of fused-ring (bicyclic) bond motifs is 1. The van der Waals surface area contributed by atoms with Gasteiger partial charge in [0.25, 0.3) is 0 Å². The molecule has 2 nitrogen and oxygen atoms in total. The first-order valence-electron chi connectivity index (χ1n) is 10.5. The van der Waals surface area contributed by atoms with Crippen LogP contribution in [0, 0.1) is 20.8 Å². The standard InChI is InChI=1S/C23H20N2.2C2H6/c1-15-9-13-19(14-10-15)23-22(18-7-5-4-6-8-18)24-20-16(2)11-12-17(3)21(20)25-23;2*1-2/h4-14H,1-3H3;2*1-2H3. The van der Waals surface area contributed by atoms with Gasteiger partial charge in [-0.1, -0.05) is 100.0 Å². The molecule has 0 saturated heterocycles. The lowest BCUT2D eigenvalue weighted by atomic mass is 10.0. The van der Waals surface area contributed by atoms with Gasteiger partial charge in [0.05, 0.1) is 22.4 Å². The van der Waals surface area contributed by atoms with Crippen molar-refractivity contribution >= 4 is 11.0 Å². The summed E-state index contributed by atoms with van der Waals surface area (Å²) < 4.78 is 0. The Hall–Kier alpha value is -3.00. The van der Waals surface area contributed by atoms with Gasteiger partial charge in [-0.25, -0.2) is 9.97 Å². The van der Waals surface area contributed by atoms with Crippen molar-refractivity contribution in [2.45, 2.75) is 48.5 Å². The lowest BCUT2D eigenvalue weighted by Gasteiger charge is -2.13. The number of hydrogen-bond donors (Lipinski definition) is 0. The fourth-order valence-electron chi connectivity index (χ4n) is 3.10. The highest BCUT2D eigenvalue weighted by Gasteiger charge is 2.15. The molecule has 1 aromatic heterocycles. The van der Waals surface area contributed by atoms with Crippen molar-refractivity contribution in [1.82, 2.24) is 9.97 Å². The van der Waals surface area contributed by atoms with E-state index in [1.54, 1.807) is 0 Å². The molecule has 0 aliphatic heterocycles. The van der Waals surface area contributed by atoms with Crippen molar-refractivity contribution in [2.75, 3.05) is 0 Å². The molecule has 0 amide bonds. The van der Waals surface area contributed by atoms with E-state index in [4.69, 9.17) is 9.97 Å².